The summed E-state index contributed by atoms with van der Waals surface area (Å²) in [5, 5.41) is 20.0. The van der Waals surface area contributed by atoms with Gasteiger partial charge in [-0.1, -0.05) is 27.7 Å². The lowest BCUT2D eigenvalue weighted by Crippen LogP contribution is -2.57. The van der Waals surface area contributed by atoms with E-state index < -0.39 is 41.4 Å². The van der Waals surface area contributed by atoms with Crippen LogP contribution in [-0.4, -0.2) is 59.9 Å². The van der Waals surface area contributed by atoms with Gasteiger partial charge in [0.25, 0.3) is 0 Å². The van der Waals surface area contributed by atoms with Crippen molar-refractivity contribution in [3.63, 3.8) is 0 Å². The first kappa shape index (κ1) is 36.0. The fraction of sp³-hybridized carbons (Fsp3) is 0.821. The SMILES string of the molecule is CC(C)C(CCC#N)NC(=O)[C@H](CCCCNC(=O)OC(C)(C)C)NC(=O)[C@@H](NC(=O)OC(C)(C)C)C(C)C. The Hall–Kier alpha value is -3.03. The van der Waals surface area contributed by atoms with Crippen LogP contribution in [0.1, 0.15) is 101 Å². The largest absolute Gasteiger partial charge is 0.444 e. The number of carbonyl (C=O) groups is 4. The maximum absolute atomic E-state index is 13.3. The first-order valence-corrected chi connectivity index (χ1v) is 13.8. The number of hydrogen-bond acceptors (Lipinski definition) is 7. The molecule has 0 radical (unpaired) electrons. The number of rotatable bonds is 14. The molecule has 0 spiro atoms. The molecule has 1 unspecified atom stereocenters. The highest BCUT2D eigenvalue weighted by Crippen LogP contribution is 2.13. The van der Waals surface area contributed by atoms with Gasteiger partial charge in [0, 0.05) is 19.0 Å². The number of hydrogen-bond donors (Lipinski definition) is 4. The minimum absolute atomic E-state index is 0.0916. The third-order valence-electron chi connectivity index (χ3n) is 5.54. The molecule has 224 valence electrons. The monoisotopic (exact) mass is 553 g/mol. The Kier molecular flexibility index (Phi) is 15.5. The van der Waals surface area contributed by atoms with Crippen molar-refractivity contribution in [3.05, 3.63) is 0 Å². The highest BCUT2D eigenvalue weighted by Gasteiger charge is 2.31. The van der Waals surface area contributed by atoms with E-state index in [1.807, 2.05) is 13.8 Å². The number of alkyl carbamates (subject to hydrolysis) is 2. The molecule has 0 aliphatic rings. The lowest BCUT2D eigenvalue weighted by molar-refractivity contribution is -0.131. The Morgan fingerprint density at radius 3 is 1.79 bits per heavy atom. The van der Waals surface area contributed by atoms with Crippen molar-refractivity contribution in [2.24, 2.45) is 11.8 Å². The molecule has 0 aromatic heterocycles. The lowest BCUT2D eigenvalue weighted by atomic mass is 9.98. The molecule has 11 nitrogen and oxygen atoms in total. The summed E-state index contributed by atoms with van der Waals surface area (Å²) in [4.78, 5) is 50.7. The quantitative estimate of drug-likeness (QED) is 0.235. The molecule has 0 aromatic rings. The second-order valence-corrected chi connectivity index (χ2v) is 12.4. The summed E-state index contributed by atoms with van der Waals surface area (Å²) >= 11 is 0. The number of carbonyl (C=O) groups excluding carboxylic acids is 4. The number of nitrogens with one attached hydrogen (secondary N) is 4. The lowest BCUT2D eigenvalue weighted by Gasteiger charge is -2.28. The molecule has 0 aliphatic heterocycles. The Morgan fingerprint density at radius 2 is 1.31 bits per heavy atom. The number of nitriles is 1. The molecule has 0 fully saturated rings. The van der Waals surface area contributed by atoms with Crippen LogP contribution in [-0.2, 0) is 19.1 Å². The summed E-state index contributed by atoms with van der Waals surface area (Å²) in [6, 6.07) is 0.0878. The first-order valence-electron chi connectivity index (χ1n) is 13.8. The second kappa shape index (κ2) is 16.8. The molecule has 0 rings (SSSR count). The zero-order valence-corrected chi connectivity index (χ0v) is 25.5. The predicted molar refractivity (Wildman–Crippen MR) is 150 cm³/mol. The average Bonchev–Trinajstić information content (AvgIpc) is 2.76. The Labute approximate surface area is 234 Å². The van der Waals surface area contributed by atoms with Crippen LogP contribution in [0.3, 0.4) is 0 Å². The number of ether oxygens (including phenoxy) is 2. The van der Waals surface area contributed by atoms with Gasteiger partial charge in [-0.25, -0.2) is 9.59 Å². The molecule has 4 N–H and O–H groups in total. The molecular weight excluding hydrogens is 502 g/mol. The summed E-state index contributed by atoms with van der Waals surface area (Å²) in [6.07, 6.45) is 0.960. The van der Waals surface area contributed by atoms with Crippen LogP contribution in [0.4, 0.5) is 9.59 Å². The maximum atomic E-state index is 13.3. The van der Waals surface area contributed by atoms with Gasteiger partial charge in [0.1, 0.15) is 23.3 Å². The van der Waals surface area contributed by atoms with Gasteiger partial charge in [0.05, 0.1) is 6.07 Å². The molecular formula is C28H51N5O6. The van der Waals surface area contributed by atoms with Gasteiger partial charge in [-0.05, 0) is 79.1 Å². The van der Waals surface area contributed by atoms with Crippen molar-refractivity contribution >= 4 is 24.0 Å². The Morgan fingerprint density at radius 1 is 0.744 bits per heavy atom. The van der Waals surface area contributed by atoms with Gasteiger partial charge in [-0.2, -0.15) is 5.26 Å². The van der Waals surface area contributed by atoms with Crippen molar-refractivity contribution in [3.8, 4) is 6.07 Å². The topological polar surface area (TPSA) is 159 Å². The summed E-state index contributed by atoms with van der Waals surface area (Å²) in [5.74, 6) is -1.03. The Bertz CT molecular complexity index is 839. The van der Waals surface area contributed by atoms with Crippen molar-refractivity contribution in [1.29, 1.82) is 5.26 Å². The Balaban J connectivity index is 5.44. The number of nitrogens with zero attached hydrogens (tertiary/aromatic N) is 1. The van der Waals surface area contributed by atoms with E-state index in [0.717, 1.165) is 0 Å². The minimum atomic E-state index is -0.913. The fourth-order valence-electron chi connectivity index (χ4n) is 3.55. The minimum Gasteiger partial charge on any atom is -0.444 e. The van der Waals surface area contributed by atoms with Gasteiger partial charge in [0.15, 0.2) is 0 Å². The van der Waals surface area contributed by atoms with Crippen LogP contribution >= 0.6 is 0 Å². The first-order chi connectivity index (χ1) is 17.9. The number of amides is 4. The van der Waals surface area contributed by atoms with Crippen molar-refractivity contribution < 1.29 is 28.7 Å². The summed E-state index contributed by atoms with van der Waals surface area (Å²) in [5.41, 5.74) is -1.33. The third kappa shape index (κ3) is 17.2. The molecule has 0 saturated heterocycles. The van der Waals surface area contributed by atoms with Gasteiger partial charge in [-0.3, -0.25) is 9.59 Å². The van der Waals surface area contributed by atoms with Crippen molar-refractivity contribution in [2.75, 3.05) is 6.54 Å². The van der Waals surface area contributed by atoms with E-state index in [1.54, 1.807) is 55.4 Å². The highest BCUT2D eigenvalue weighted by atomic mass is 16.6. The molecule has 11 heteroatoms. The number of unbranched alkanes of at least 4 members (excludes halogenated alkanes) is 1. The van der Waals surface area contributed by atoms with Gasteiger partial charge in [-0.15, -0.1) is 0 Å². The molecule has 3 atom stereocenters. The van der Waals surface area contributed by atoms with E-state index >= 15 is 0 Å². The predicted octanol–water partition coefficient (Wildman–Crippen LogP) is 4.16. The summed E-state index contributed by atoms with van der Waals surface area (Å²) in [6.45, 7) is 18.4. The average molecular weight is 554 g/mol. The van der Waals surface area contributed by atoms with Crippen LogP contribution in [0.15, 0.2) is 0 Å². The maximum Gasteiger partial charge on any atom is 0.408 e. The van der Waals surface area contributed by atoms with Gasteiger partial charge in [0.2, 0.25) is 11.8 Å². The van der Waals surface area contributed by atoms with Crippen LogP contribution in [0.2, 0.25) is 0 Å². The van der Waals surface area contributed by atoms with E-state index in [1.165, 1.54) is 0 Å². The standard InChI is InChI=1S/C28H51N5O6/c1-18(2)20(15-13-16-29)31-23(34)21(14-11-12-17-30-25(36)38-27(5,6)7)32-24(35)22(19(3)4)33-26(37)39-28(8,9)10/h18-22H,11-15,17H2,1-10H3,(H,30,36)(H,31,34)(H,32,35)(H,33,37)/t20?,21-,22-/m0/s1. The zero-order valence-electron chi connectivity index (χ0n) is 25.5. The molecule has 0 heterocycles. The molecule has 0 aromatic carbocycles. The summed E-state index contributed by atoms with van der Waals surface area (Å²) < 4.78 is 10.5. The molecule has 0 saturated carbocycles. The van der Waals surface area contributed by atoms with Crippen LogP contribution in [0.5, 0.6) is 0 Å². The fourth-order valence-corrected chi connectivity index (χ4v) is 3.55. The van der Waals surface area contributed by atoms with Crippen molar-refractivity contribution in [2.45, 2.75) is 131 Å². The third-order valence-corrected chi connectivity index (χ3v) is 5.54. The van der Waals surface area contributed by atoms with Crippen LogP contribution in [0, 0.1) is 23.2 Å². The molecule has 39 heavy (non-hydrogen) atoms. The van der Waals surface area contributed by atoms with Crippen LogP contribution in [0.25, 0.3) is 0 Å². The van der Waals surface area contributed by atoms with Gasteiger partial charge < -0.3 is 30.7 Å². The van der Waals surface area contributed by atoms with Crippen LogP contribution < -0.4 is 21.3 Å². The van der Waals surface area contributed by atoms with E-state index in [4.69, 9.17) is 14.7 Å². The summed E-state index contributed by atoms with van der Waals surface area (Å²) in [7, 11) is 0. The zero-order chi connectivity index (χ0) is 30.4. The van der Waals surface area contributed by atoms with E-state index in [-0.39, 0.29) is 23.8 Å². The molecule has 4 amide bonds. The van der Waals surface area contributed by atoms with E-state index in [0.29, 0.717) is 38.6 Å². The second-order valence-electron chi connectivity index (χ2n) is 12.4. The smallest absolute Gasteiger partial charge is 0.408 e. The van der Waals surface area contributed by atoms with E-state index in [2.05, 4.69) is 27.3 Å². The highest BCUT2D eigenvalue weighted by molar-refractivity contribution is 5.91. The van der Waals surface area contributed by atoms with Crippen molar-refractivity contribution in [1.82, 2.24) is 21.3 Å². The normalized spacial score (nSPS) is 14.0. The molecule has 0 bridgehead atoms. The molecule has 0 aliphatic carbocycles. The van der Waals surface area contributed by atoms with Gasteiger partial charge >= 0.3 is 12.2 Å². The van der Waals surface area contributed by atoms with E-state index in [9.17, 15) is 19.2 Å².